The molecule has 0 aliphatic heterocycles. The standard InChI is InChI=1S/C30H32F6N2O4.C28H28F6N2O5/c1-5-23(39)9-6-18-7-10-24-19(14-18)8-11-25(24)38(27(41)42-28(2,3)4)13-12-26(40)37-22-16-20(29(31,32)33)15-21(17-22)30(34,35)36;1-26(2,3)41-25(40)36(22-8-6-17-12-16(4-7-21(17)22)5-9-24(38)39)11-10-23(37)35-20-14-18(27(29,30)31)13-19(15-20)28(32,33)34/h6-7,9-10,14-17,25H,5,8,11-13H2,1-4H3,(H,37,40);4-5,7,9,12-15,22H,6,8,10-11H2,1-3H3,(H,35,37)(H,38,39)/b9-6+;9-5+. The molecule has 0 aromatic heterocycles. The topological polar surface area (TPSA) is 172 Å². The summed E-state index contributed by atoms with van der Waals surface area (Å²) in [7, 11) is 0. The molecule has 2 aliphatic carbocycles. The third kappa shape index (κ3) is 19.6. The van der Waals surface area contributed by atoms with Crippen molar-refractivity contribution in [2.75, 3.05) is 23.7 Å². The monoisotopic (exact) mass is 1180 g/mol. The smallest absolute Gasteiger partial charge is 0.416 e. The van der Waals surface area contributed by atoms with Crippen molar-refractivity contribution in [3.8, 4) is 0 Å². The van der Waals surface area contributed by atoms with Crippen LogP contribution in [-0.2, 0) is 66.2 Å². The second kappa shape index (κ2) is 26.2. The highest BCUT2D eigenvalue weighted by atomic mass is 19.4. The van der Waals surface area contributed by atoms with E-state index in [0.717, 1.165) is 33.9 Å². The van der Waals surface area contributed by atoms with Gasteiger partial charge in [-0.15, -0.1) is 0 Å². The number of fused-ring (bicyclic) bond motifs is 2. The third-order valence-corrected chi connectivity index (χ3v) is 12.6. The van der Waals surface area contributed by atoms with Gasteiger partial charge >= 0.3 is 42.9 Å². The fourth-order valence-electron chi connectivity index (χ4n) is 8.89. The SMILES string of the molecule is CC(C)(C)OC(=O)N(CCC(=O)Nc1cc(C(F)(F)F)cc(C(F)(F)F)c1)C1CCc2cc(/C=C/C(=O)O)ccc21.CCC(=O)/C=C/c1ccc2c(c1)CCC2N(CCC(=O)Nc1cc(C(F)(F)F)cc(C(F)(F)F)c1)C(=O)OC(C)(C)C. The Morgan fingerprint density at radius 1 is 0.530 bits per heavy atom. The maximum Gasteiger partial charge on any atom is 0.416 e. The number of halogens is 12. The molecule has 25 heteroatoms. The quantitative estimate of drug-likeness (QED) is 0.0774. The number of amides is 4. The van der Waals surface area contributed by atoms with Crippen molar-refractivity contribution in [2.24, 2.45) is 0 Å². The van der Waals surface area contributed by atoms with E-state index in [9.17, 15) is 81.5 Å². The summed E-state index contributed by atoms with van der Waals surface area (Å²) in [4.78, 5) is 76.8. The Balaban J connectivity index is 0.000000304. The van der Waals surface area contributed by atoms with Gasteiger partial charge in [0.25, 0.3) is 0 Å². The van der Waals surface area contributed by atoms with E-state index in [1.165, 1.54) is 22.0 Å². The fourth-order valence-corrected chi connectivity index (χ4v) is 8.89. The molecule has 4 aromatic carbocycles. The van der Waals surface area contributed by atoms with E-state index < -0.39 is 124 Å². The molecule has 13 nitrogen and oxygen atoms in total. The molecule has 0 saturated carbocycles. The highest BCUT2D eigenvalue weighted by molar-refractivity contribution is 5.94. The first-order valence-electron chi connectivity index (χ1n) is 25.8. The zero-order chi connectivity index (χ0) is 62.2. The number of rotatable bonds is 15. The van der Waals surface area contributed by atoms with Crippen molar-refractivity contribution in [2.45, 2.75) is 141 Å². The van der Waals surface area contributed by atoms with Crippen LogP contribution in [0.4, 0.5) is 73.6 Å². The third-order valence-electron chi connectivity index (χ3n) is 12.6. The number of aliphatic carboxylic acids is 1. The Kier molecular flexibility index (Phi) is 20.8. The first kappa shape index (κ1) is 65.9. The van der Waals surface area contributed by atoms with E-state index in [1.54, 1.807) is 78.8 Å². The number of carbonyl (C=O) groups excluding carboxylic acids is 5. The number of allylic oxidation sites excluding steroid dienone is 1. The van der Waals surface area contributed by atoms with Gasteiger partial charge in [-0.1, -0.05) is 49.4 Å². The number of anilines is 2. The normalized spacial score (nSPS) is 15.5. The number of hydrogen-bond donors (Lipinski definition) is 3. The van der Waals surface area contributed by atoms with Crippen LogP contribution in [0.5, 0.6) is 0 Å². The maximum absolute atomic E-state index is 13.2. The lowest BCUT2D eigenvalue weighted by Gasteiger charge is -2.32. The Morgan fingerprint density at radius 3 is 1.17 bits per heavy atom. The number of carbonyl (C=O) groups is 6. The van der Waals surface area contributed by atoms with Crippen molar-refractivity contribution >= 4 is 59.3 Å². The van der Waals surface area contributed by atoms with Gasteiger partial charge in [0.05, 0.1) is 34.3 Å². The van der Waals surface area contributed by atoms with Gasteiger partial charge in [-0.25, -0.2) is 14.4 Å². The molecule has 0 saturated heterocycles. The van der Waals surface area contributed by atoms with Crippen LogP contribution < -0.4 is 10.6 Å². The molecule has 83 heavy (non-hydrogen) atoms. The fraction of sp³-hybridized carbons (Fsp3) is 0.414. The minimum atomic E-state index is -5.08. The van der Waals surface area contributed by atoms with Crippen molar-refractivity contribution in [3.05, 3.63) is 141 Å². The Hall–Kier alpha value is -7.86. The first-order valence-corrected chi connectivity index (χ1v) is 25.8. The number of ketones is 1. The van der Waals surface area contributed by atoms with Crippen LogP contribution in [0.1, 0.15) is 148 Å². The molecule has 3 N–H and O–H groups in total. The second-order valence-corrected chi connectivity index (χ2v) is 21.4. The number of nitrogens with one attached hydrogen (secondary N) is 2. The van der Waals surface area contributed by atoms with Crippen molar-refractivity contribution < 1.29 is 96.0 Å². The number of carboxylic acids is 1. The van der Waals surface area contributed by atoms with Crippen molar-refractivity contribution in [3.63, 3.8) is 0 Å². The van der Waals surface area contributed by atoms with E-state index in [1.807, 2.05) is 12.1 Å². The van der Waals surface area contributed by atoms with Crippen LogP contribution in [0.3, 0.4) is 0 Å². The summed E-state index contributed by atoms with van der Waals surface area (Å²) in [6, 6.07) is 11.3. The zero-order valence-electron chi connectivity index (χ0n) is 45.9. The minimum absolute atomic E-state index is 0.0254. The Labute approximate surface area is 469 Å². The second-order valence-electron chi connectivity index (χ2n) is 21.4. The van der Waals surface area contributed by atoms with Crippen molar-refractivity contribution in [1.29, 1.82) is 0 Å². The van der Waals surface area contributed by atoms with Crippen LogP contribution in [0.2, 0.25) is 0 Å². The van der Waals surface area contributed by atoms with E-state index in [-0.39, 0.29) is 31.0 Å². The number of hydrogen-bond acceptors (Lipinski definition) is 8. The highest BCUT2D eigenvalue weighted by Crippen LogP contribution is 2.42. The summed E-state index contributed by atoms with van der Waals surface area (Å²) in [5, 5.41) is 13.0. The summed E-state index contributed by atoms with van der Waals surface area (Å²) in [6.07, 6.45) is -14.6. The maximum atomic E-state index is 13.2. The summed E-state index contributed by atoms with van der Waals surface area (Å²) in [5.74, 6) is -2.92. The molecule has 0 spiro atoms. The van der Waals surface area contributed by atoms with Gasteiger partial charge in [0.2, 0.25) is 11.8 Å². The molecular formula is C58H60F12N4O9. The van der Waals surface area contributed by atoms with Gasteiger partial charge in [-0.3, -0.25) is 14.4 Å². The zero-order valence-corrected chi connectivity index (χ0v) is 45.9. The Bertz CT molecular complexity index is 3050. The molecule has 0 fully saturated rings. The molecule has 2 aliphatic rings. The number of carboxylic acid groups (broad SMARTS) is 1. The van der Waals surface area contributed by atoms with Gasteiger partial charge in [-0.2, -0.15) is 52.7 Å². The van der Waals surface area contributed by atoms with Gasteiger partial charge < -0.3 is 35.0 Å². The molecule has 2 unspecified atom stereocenters. The summed E-state index contributed by atoms with van der Waals surface area (Å²) in [6.45, 7) is 11.2. The number of nitrogens with zero attached hydrogens (tertiary/aromatic N) is 2. The lowest BCUT2D eigenvalue weighted by Crippen LogP contribution is -2.40. The summed E-state index contributed by atoms with van der Waals surface area (Å²) in [5.41, 5.74) is -4.58. The summed E-state index contributed by atoms with van der Waals surface area (Å²) < 4.78 is 169. The number of ether oxygens (including phenoxy) is 2. The van der Waals surface area contributed by atoms with Gasteiger partial charge in [0.1, 0.15) is 11.2 Å². The number of benzene rings is 4. The van der Waals surface area contributed by atoms with Crippen LogP contribution in [0, 0.1) is 0 Å². The van der Waals surface area contributed by atoms with Crippen LogP contribution >= 0.6 is 0 Å². The van der Waals surface area contributed by atoms with Gasteiger partial charge in [0.15, 0.2) is 5.78 Å². The molecule has 0 heterocycles. The van der Waals surface area contributed by atoms with E-state index in [4.69, 9.17) is 14.6 Å². The average molecular weight is 1190 g/mol. The van der Waals surface area contributed by atoms with Crippen LogP contribution in [0.25, 0.3) is 12.2 Å². The number of alkyl halides is 12. The molecule has 0 bridgehead atoms. The predicted molar refractivity (Wildman–Crippen MR) is 281 cm³/mol. The van der Waals surface area contributed by atoms with Crippen LogP contribution in [-0.4, -0.2) is 75.0 Å². The van der Waals surface area contributed by atoms with E-state index in [2.05, 4.69) is 10.6 Å². The number of aryl methyl sites for hydroxylation is 2. The highest BCUT2D eigenvalue weighted by Gasteiger charge is 2.40. The largest absolute Gasteiger partial charge is 0.478 e. The van der Waals surface area contributed by atoms with Crippen LogP contribution in [0.15, 0.2) is 84.9 Å². The minimum Gasteiger partial charge on any atom is -0.478 e. The molecule has 4 aromatic rings. The molecule has 6 rings (SSSR count). The van der Waals surface area contributed by atoms with Gasteiger partial charge in [0, 0.05) is 49.8 Å². The molecule has 4 amide bonds. The van der Waals surface area contributed by atoms with Crippen molar-refractivity contribution in [1.82, 2.24) is 9.80 Å². The predicted octanol–water partition coefficient (Wildman–Crippen LogP) is 15.0. The average Bonchev–Trinajstić information content (AvgIpc) is 3.90. The molecular weight excluding hydrogens is 1120 g/mol. The van der Waals surface area contributed by atoms with Gasteiger partial charge in [-0.05, 0) is 149 Å². The lowest BCUT2D eigenvalue weighted by molar-refractivity contribution is -0.144. The first-order chi connectivity index (χ1) is 38.2. The Morgan fingerprint density at radius 2 is 0.867 bits per heavy atom. The van der Waals surface area contributed by atoms with E-state index in [0.29, 0.717) is 61.9 Å². The van der Waals surface area contributed by atoms with E-state index >= 15 is 0 Å². The molecule has 0 radical (unpaired) electrons. The molecule has 450 valence electrons. The summed E-state index contributed by atoms with van der Waals surface area (Å²) >= 11 is 0. The molecule has 2 atom stereocenters. The lowest BCUT2D eigenvalue weighted by atomic mass is 10.0.